The van der Waals surface area contributed by atoms with E-state index >= 15 is 0 Å². The molecule has 3 rings (SSSR count). The van der Waals surface area contributed by atoms with Gasteiger partial charge in [0.2, 0.25) is 5.91 Å². The lowest BCUT2D eigenvalue weighted by Gasteiger charge is -2.41. The van der Waals surface area contributed by atoms with Crippen molar-refractivity contribution in [1.82, 2.24) is 4.90 Å². The molecule has 1 aliphatic carbocycles. The highest BCUT2D eigenvalue weighted by Gasteiger charge is 2.33. The minimum atomic E-state index is -0.755. The summed E-state index contributed by atoms with van der Waals surface area (Å²) in [5.74, 6) is 1.30. The second-order valence-corrected chi connectivity index (χ2v) is 10.4. The maximum atomic E-state index is 12.5. The van der Waals surface area contributed by atoms with Gasteiger partial charge >= 0.3 is 0 Å². The Labute approximate surface area is 162 Å². The second kappa shape index (κ2) is 8.20. The molecule has 1 fully saturated rings. The molecule has 1 atom stereocenters. The lowest BCUT2D eigenvalue weighted by molar-refractivity contribution is -0.116. The normalized spacial score (nSPS) is 22.9. The first kappa shape index (κ1) is 19.5. The molecule has 1 aromatic rings. The number of carbonyl (C=O) groups excluding carboxylic acids is 1. The number of amides is 1. The molecule has 142 valence electrons. The predicted molar refractivity (Wildman–Crippen MR) is 107 cm³/mol. The molecule has 7 heteroatoms. The smallest absolute Gasteiger partial charge is 0.226 e. The molecule has 0 aromatic carbocycles. The monoisotopic (exact) mass is 393 g/mol. The van der Waals surface area contributed by atoms with Crippen LogP contribution in [-0.2, 0) is 28.4 Å². The van der Waals surface area contributed by atoms with Crippen LogP contribution in [0.3, 0.4) is 0 Å². The quantitative estimate of drug-likeness (QED) is 0.798. The Morgan fingerprint density at radius 1 is 1.35 bits per heavy atom. The third kappa shape index (κ3) is 4.36. The number of nitrogens with zero attached hydrogens (tertiary/aromatic N) is 2. The average molecular weight is 394 g/mol. The van der Waals surface area contributed by atoms with Crippen molar-refractivity contribution in [3.05, 3.63) is 16.0 Å². The first-order chi connectivity index (χ1) is 12.4. The van der Waals surface area contributed by atoms with E-state index in [9.17, 15) is 14.3 Å². The number of nitrogens with one attached hydrogen (secondary N) is 1. The summed E-state index contributed by atoms with van der Waals surface area (Å²) in [6.45, 7) is 5.60. The summed E-state index contributed by atoms with van der Waals surface area (Å²) in [6, 6.07) is 2.31. The molecule has 1 amide bonds. The van der Waals surface area contributed by atoms with Crippen molar-refractivity contribution >= 4 is 33.0 Å². The Bertz CT molecular complexity index is 749. The Hall–Kier alpha value is -1.23. The lowest BCUT2D eigenvalue weighted by Crippen LogP contribution is -2.54. The highest BCUT2D eigenvalue weighted by atomic mass is 32.2. The highest BCUT2D eigenvalue weighted by molar-refractivity contribution is 7.85. The van der Waals surface area contributed by atoms with Gasteiger partial charge in [0.15, 0.2) is 0 Å². The van der Waals surface area contributed by atoms with Crippen molar-refractivity contribution < 1.29 is 9.00 Å². The fourth-order valence-electron chi connectivity index (χ4n) is 3.86. The minimum absolute atomic E-state index is 0.0413. The van der Waals surface area contributed by atoms with Crippen LogP contribution in [0.2, 0.25) is 0 Å². The molecule has 1 saturated heterocycles. The van der Waals surface area contributed by atoms with E-state index < -0.39 is 10.8 Å². The van der Waals surface area contributed by atoms with Crippen molar-refractivity contribution in [3.8, 4) is 6.07 Å². The number of hydrogen-bond acceptors (Lipinski definition) is 5. The van der Waals surface area contributed by atoms with Crippen LogP contribution in [0.15, 0.2) is 0 Å². The van der Waals surface area contributed by atoms with E-state index in [-0.39, 0.29) is 11.4 Å². The molecule has 2 heterocycles. The standard InChI is InChI=1S/C19H27N3O2S2/c1-19(2)13-26(24)11-10-22(19)9-8-17(23)21-18-15(12-20)14-6-4-3-5-7-16(14)25-18/h3-11,13H2,1-2H3,(H,21,23). The average Bonchev–Trinajstić information content (AvgIpc) is 2.73. The number of aryl methyl sites for hydroxylation is 1. The summed E-state index contributed by atoms with van der Waals surface area (Å²) in [4.78, 5) is 16.0. The molecule has 0 radical (unpaired) electrons. The summed E-state index contributed by atoms with van der Waals surface area (Å²) in [6.07, 6.45) is 5.86. The molecular weight excluding hydrogens is 366 g/mol. The van der Waals surface area contributed by atoms with Gasteiger partial charge in [0.25, 0.3) is 0 Å². The summed E-state index contributed by atoms with van der Waals surface area (Å²) in [5, 5.41) is 13.3. The molecule has 1 N–H and O–H groups in total. The fraction of sp³-hybridized carbons (Fsp3) is 0.684. The number of thiophene rings is 1. The van der Waals surface area contributed by atoms with Gasteiger partial charge in [-0.25, -0.2) is 0 Å². The van der Waals surface area contributed by atoms with Crippen LogP contribution in [0.5, 0.6) is 0 Å². The molecular formula is C19H27N3O2S2. The van der Waals surface area contributed by atoms with Crippen molar-refractivity contribution in [3.63, 3.8) is 0 Å². The van der Waals surface area contributed by atoms with Crippen LogP contribution in [0.4, 0.5) is 5.00 Å². The Balaban J connectivity index is 1.62. The predicted octanol–water partition coefficient (Wildman–Crippen LogP) is 3.06. The van der Waals surface area contributed by atoms with Crippen LogP contribution in [0.1, 0.15) is 55.5 Å². The number of fused-ring (bicyclic) bond motifs is 1. The van der Waals surface area contributed by atoms with E-state index in [0.29, 0.717) is 30.0 Å². The minimum Gasteiger partial charge on any atom is -0.317 e. The molecule has 1 unspecified atom stereocenters. The zero-order valence-electron chi connectivity index (χ0n) is 15.6. The molecule has 1 aliphatic heterocycles. The Morgan fingerprint density at radius 3 is 2.85 bits per heavy atom. The molecule has 0 bridgehead atoms. The molecule has 0 saturated carbocycles. The Kier molecular flexibility index (Phi) is 6.16. The van der Waals surface area contributed by atoms with Crippen LogP contribution in [0, 0.1) is 11.3 Å². The first-order valence-electron chi connectivity index (χ1n) is 9.35. The number of carbonyl (C=O) groups is 1. The molecule has 2 aliphatic rings. The zero-order valence-corrected chi connectivity index (χ0v) is 17.2. The third-order valence-corrected chi connectivity index (χ3v) is 8.23. The Morgan fingerprint density at radius 2 is 2.12 bits per heavy atom. The van der Waals surface area contributed by atoms with Crippen LogP contribution < -0.4 is 5.32 Å². The molecule has 0 spiro atoms. The van der Waals surface area contributed by atoms with Gasteiger partial charge in [-0.2, -0.15) is 5.26 Å². The van der Waals surface area contributed by atoms with Gasteiger partial charge in [-0.3, -0.25) is 13.9 Å². The SMILES string of the molecule is CC1(C)CS(=O)CCN1CCC(=O)Nc1sc2c(c1C#N)CCCCC2. The number of rotatable bonds is 4. The summed E-state index contributed by atoms with van der Waals surface area (Å²) in [7, 11) is -0.755. The third-order valence-electron chi connectivity index (χ3n) is 5.35. The summed E-state index contributed by atoms with van der Waals surface area (Å²) in [5.41, 5.74) is 1.69. The second-order valence-electron chi connectivity index (χ2n) is 7.77. The van der Waals surface area contributed by atoms with E-state index in [1.807, 2.05) is 0 Å². The van der Waals surface area contributed by atoms with Crippen molar-refractivity contribution in [2.45, 2.75) is 57.9 Å². The van der Waals surface area contributed by atoms with E-state index in [1.165, 1.54) is 11.3 Å². The number of anilines is 1. The topological polar surface area (TPSA) is 73.2 Å². The number of nitriles is 1. The van der Waals surface area contributed by atoms with E-state index in [2.05, 4.69) is 30.1 Å². The maximum absolute atomic E-state index is 12.5. The van der Waals surface area contributed by atoms with Gasteiger partial charge in [0, 0.05) is 52.2 Å². The summed E-state index contributed by atoms with van der Waals surface area (Å²) >= 11 is 1.58. The highest BCUT2D eigenvalue weighted by Crippen LogP contribution is 2.37. The first-order valence-corrected chi connectivity index (χ1v) is 11.7. The maximum Gasteiger partial charge on any atom is 0.226 e. The van der Waals surface area contributed by atoms with Crippen LogP contribution >= 0.6 is 11.3 Å². The van der Waals surface area contributed by atoms with Crippen molar-refractivity contribution in [1.29, 1.82) is 5.26 Å². The molecule has 5 nitrogen and oxygen atoms in total. The van der Waals surface area contributed by atoms with Gasteiger partial charge in [-0.15, -0.1) is 11.3 Å². The van der Waals surface area contributed by atoms with Gasteiger partial charge in [0.05, 0.1) is 5.56 Å². The summed E-state index contributed by atoms with van der Waals surface area (Å²) < 4.78 is 11.8. The molecule has 26 heavy (non-hydrogen) atoms. The van der Waals surface area contributed by atoms with Gasteiger partial charge in [-0.1, -0.05) is 6.42 Å². The molecule has 1 aromatic heterocycles. The van der Waals surface area contributed by atoms with E-state index in [0.717, 1.165) is 42.8 Å². The fourth-order valence-corrected chi connectivity index (χ4v) is 6.66. The number of hydrogen-bond donors (Lipinski definition) is 1. The van der Waals surface area contributed by atoms with Gasteiger partial charge in [0.1, 0.15) is 11.1 Å². The van der Waals surface area contributed by atoms with Crippen LogP contribution in [-0.4, -0.2) is 45.2 Å². The van der Waals surface area contributed by atoms with Gasteiger partial charge < -0.3 is 5.32 Å². The van der Waals surface area contributed by atoms with Crippen molar-refractivity contribution in [2.75, 3.05) is 29.9 Å². The van der Waals surface area contributed by atoms with Crippen molar-refractivity contribution in [2.24, 2.45) is 0 Å². The lowest BCUT2D eigenvalue weighted by atomic mass is 10.0. The van der Waals surface area contributed by atoms with Gasteiger partial charge in [-0.05, 0) is 45.1 Å². The largest absolute Gasteiger partial charge is 0.317 e. The van der Waals surface area contributed by atoms with Crippen LogP contribution in [0.25, 0.3) is 0 Å². The zero-order chi connectivity index (χ0) is 18.7. The van der Waals surface area contributed by atoms with E-state index in [1.54, 1.807) is 11.3 Å². The van der Waals surface area contributed by atoms with E-state index in [4.69, 9.17) is 0 Å².